The zero-order chi connectivity index (χ0) is 13.9. The lowest BCUT2D eigenvalue weighted by atomic mass is 10.1. The van der Waals surface area contributed by atoms with Crippen LogP contribution in [0.4, 0.5) is 0 Å². The van der Waals surface area contributed by atoms with Crippen LogP contribution in [0.3, 0.4) is 0 Å². The molecule has 0 bridgehead atoms. The summed E-state index contributed by atoms with van der Waals surface area (Å²) in [7, 11) is 0. The average molecular weight is 265 g/mol. The van der Waals surface area contributed by atoms with E-state index in [-0.39, 0.29) is 5.78 Å². The van der Waals surface area contributed by atoms with Gasteiger partial charge >= 0.3 is 0 Å². The van der Waals surface area contributed by atoms with Gasteiger partial charge in [-0.3, -0.25) is 9.78 Å². The molecule has 3 aromatic rings. The molecule has 0 N–H and O–H groups in total. The van der Waals surface area contributed by atoms with E-state index in [1.54, 1.807) is 36.7 Å². The first-order valence-corrected chi connectivity index (χ1v) is 6.09. The summed E-state index contributed by atoms with van der Waals surface area (Å²) in [5.74, 6) is 0.963. The number of rotatable bonds is 3. The molecule has 5 heteroatoms. The smallest absolute Gasteiger partial charge is 0.258 e. The molecule has 0 aliphatic carbocycles. The molecule has 0 amide bonds. The molecule has 98 valence electrons. The number of pyridine rings is 1. The van der Waals surface area contributed by atoms with Crippen molar-refractivity contribution in [1.82, 2.24) is 15.1 Å². The molecule has 0 atom stereocenters. The van der Waals surface area contributed by atoms with Crippen LogP contribution in [0.15, 0.2) is 53.3 Å². The van der Waals surface area contributed by atoms with E-state index < -0.39 is 0 Å². The maximum Gasteiger partial charge on any atom is 0.258 e. The topological polar surface area (TPSA) is 68.9 Å². The highest BCUT2D eigenvalue weighted by atomic mass is 16.5. The number of Topliss-reactive ketones (excluding diaryl/α,β-unsaturated/α-hetero) is 1. The SMILES string of the molecule is CC(=O)c1ccc(-c2nc(-c3ccncc3)no2)cc1. The van der Waals surface area contributed by atoms with Gasteiger partial charge in [-0.2, -0.15) is 4.98 Å². The summed E-state index contributed by atoms with van der Waals surface area (Å²) < 4.78 is 5.24. The molecule has 0 radical (unpaired) electrons. The number of hydrogen-bond donors (Lipinski definition) is 0. The Morgan fingerprint density at radius 2 is 1.70 bits per heavy atom. The minimum atomic E-state index is 0.0274. The van der Waals surface area contributed by atoms with Crippen molar-refractivity contribution in [1.29, 1.82) is 0 Å². The predicted octanol–water partition coefficient (Wildman–Crippen LogP) is 3.00. The number of hydrogen-bond acceptors (Lipinski definition) is 5. The Bertz CT molecular complexity index is 733. The van der Waals surface area contributed by atoms with Crippen LogP contribution in [-0.4, -0.2) is 20.9 Å². The second-order valence-electron chi connectivity index (χ2n) is 4.29. The van der Waals surface area contributed by atoms with E-state index in [0.29, 0.717) is 17.3 Å². The number of aromatic nitrogens is 3. The van der Waals surface area contributed by atoms with E-state index in [2.05, 4.69) is 15.1 Å². The van der Waals surface area contributed by atoms with Crippen molar-refractivity contribution in [3.05, 3.63) is 54.4 Å². The molecule has 0 saturated carbocycles. The zero-order valence-corrected chi connectivity index (χ0v) is 10.8. The van der Waals surface area contributed by atoms with Crippen molar-refractivity contribution < 1.29 is 9.32 Å². The third kappa shape index (κ3) is 2.33. The van der Waals surface area contributed by atoms with Gasteiger partial charge in [0.1, 0.15) is 0 Å². The first-order valence-electron chi connectivity index (χ1n) is 6.09. The number of nitrogens with zero attached hydrogens (tertiary/aromatic N) is 3. The van der Waals surface area contributed by atoms with Crippen LogP contribution >= 0.6 is 0 Å². The van der Waals surface area contributed by atoms with Crippen molar-refractivity contribution in [2.45, 2.75) is 6.92 Å². The second kappa shape index (κ2) is 5.05. The van der Waals surface area contributed by atoms with Crippen molar-refractivity contribution in [3.8, 4) is 22.8 Å². The Hall–Kier alpha value is -2.82. The molecule has 0 aliphatic rings. The maximum atomic E-state index is 11.2. The summed E-state index contributed by atoms with van der Waals surface area (Å²) in [6.07, 6.45) is 3.35. The minimum absolute atomic E-state index is 0.0274. The van der Waals surface area contributed by atoms with Crippen LogP contribution in [0.2, 0.25) is 0 Å². The van der Waals surface area contributed by atoms with Crippen LogP contribution < -0.4 is 0 Å². The van der Waals surface area contributed by atoms with Gasteiger partial charge in [0.15, 0.2) is 5.78 Å². The van der Waals surface area contributed by atoms with E-state index in [1.165, 1.54) is 6.92 Å². The van der Waals surface area contributed by atoms with Gasteiger partial charge in [-0.15, -0.1) is 0 Å². The Morgan fingerprint density at radius 1 is 1.00 bits per heavy atom. The molecule has 20 heavy (non-hydrogen) atoms. The van der Waals surface area contributed by atoms with E-state index in [0.717, 1.165) is 11.1 Å². The summed E-state index contributed by atoms with van der Waals surface area (Å²) >= 11 is 0. The summed E-state index contributed by atoms with van der Waals surface area (Å²) in [5, 5.41) is 3.94. The molecule has 2 heterocycles. The summed E-state index contributed by atoms with van der Waals surface area (Å²) in [6.45, 7) is 1.53. The van der Waals surface area contributed by atoms with Crippen LogP contribution in [0.5, 0.6) is 0 Å². The Labute approximate surface area is 115 Å². The Kier molecular flexibility index (Phi) is 3.09. The summed E-state index contributed by atoms with van der Waals surface area (Å²) in [5.41, 5.74) is 2.28. The number of ketones is 1. The fourth-order valence-corrected chi connectivity index (χ4v) is 1.81. The van der Waals surface area contributed by atoms with E-state index >= 15 is 0 Å². The summed E-state index contributed by atoms with van der Waals surface area (Å²) in [4.78, 5) is 19.5. The van der Waals surface area contributed by atoms with Gasteiger partial charge in [0.05, 0.1) is 0 Å². The van der Waals surface area contributed by atoms with Gasteiger partial charge in [-0.1, -0.05) is 17.3 Å². The number of carbonyl (C=O) groups is 1. The molecular formula is C15H11N3O2. The molecule has 0 aliphatic heterocycles. The first-order chi connectivity index (χ1) is 9.74. The predicted molar refractivity (Wildman–Crippen MR) is 73.0 cm³/mol. The second-order valence-corrected chi connectivity index (χ2v) is 4.29. The van der Waals surface area contributed by atoms with Crippen LogP contribution in [-0.2, 0) is 0 Å². The van der Waals surface area contributed by atoms with E-state index in [1.807, 2.05) is 12.1 Å². The molecule has 0 saturated heterocycles. The Morgan fingerprint density at radius 3 is 2.35 bits per heavy atom. The highest BCUT2D eigenvalue weighted by Crippen LogP contribution is 2.22. The minimum Gasteiger partial charge on any atom is -0.334 e. The average Bonchev–Trinajstić information content (AvgIpc) is 2.98. The monoisotopic (exact) mass is 265 g/mol. The zero-order valence-electron chi connectivity index (χ0n) is 10.8. The van der Waals surface area contributed by atoms with Gasteiger partial charge in [-0.25, -0.2) is 0 Å². The van der Waals surface area contributed by atoms with Gasteiger partial charge in [0.2, 0.25) is 5.82 Å². The highest BCUT2D eigenvalue weighted by molar-refractivity contribution is 5.94. The molecular weight excluding hydrogens is 254 g/mol. The Balaban J connectivity index is 1.92. The van der Waals surface area contributed by atoms with Gasteiger partial charge in [-0.05, 0) is 31.2 Å². The number of carbonyl (C=O) groups excluding carboxylic acids is 1. The van der Waals surface area contributed by atoms with Crippen molar-refractivity contribution in [2.24, 2.45) is 0 Å². The highest BCUT2D eigenvalue weighted by Gasteiger charge is 2.10. The summed E-state index contributed by atoms with van der Waals surface area (Å²) in [6, 6.07) is 10.7. The van der Waals surface area contributed by atoms with Gasteiger partial charge < -0.3 is 4.52 Å². The molecule has 3 rings (SSSR count). The van der Waals surface area contributed by atoms with Crippen molar-refractivity contribution in [3.63, 3.8) is 0 Å². The third-order valence-electron chi connectivity index (χ3n) is 2.90. The first kappa shape index (κ1) is 12.2. The van der Waals surface area contributed by atoms with Crippen LogP contribution in [0.1, 0.15) is 17.3 Å². The van der Waals surface area contributed by atoms with Crippen molar-refractivity contribution in [2.75, 3.05) is 0 Å². The molecule has 0 fully saturated rings. The normalized spacial score (nSPS) is 10.4. The standard InChI is InChI=1S/C15H11N3O2/c1-10(19)11-2-4-13(5-3-11)15-17-14(18-20-15)12-6-8-16-9-7-12/h2-9H,1H3. The number of benzene rings is 1. The third-order valence-corrected chi connectivity index (χ3v) is 2.90. The molecule has 0 unspecified atom stereocenters. The van der Waals surface area contributed by atoms with Crippen LogP contribution in [0.25, 0.3) is 22.8 Å². The maximum absolute atomic E-state index is 11.2. The molecule has 5 nitrogen and oxygen atoms in total. The van der Waals surface area contributed by atoms with Crippen LogP contribution in [0, 0.1) is 0 Å². The van der Waals surface area contributed by atoms with E-state index in [4.69, 9.17) is 4.52 Å². The fourth-order valence-electron chi connectivity index (χ4n) is 1.81. The lowest BCUT2D eigenvalue weighted by Crippen LogP contribution is -1.90. The molecule has 2 aromatic heterocycles. The van der Waals surface area contributed by atoms with Gasteiger partial charge in [0.25, 0.3) is 5.89 Å². The van der Waals surface area contributed by atoms with Gasteiger partial charge in [0, 0.05) is 29.1 Å². The largest absolute Gasteiger partial charge is 0.334 e. The van der Waals surface area contributed by atoms with E-state index in [9.17, 15) is 4.79 Å². The molecule has 1 aromatic carbocycles. The lowest BCUT2D eigenvalue weighted by Gasteiger charge is -1.96. The van der Waals surface area contributed by atoms with Crippen molar-refractivity contribution >= 4 is 5.78 Å². The fraction of sp³-hybridized carbons (Fsp3) is 0.0667. The quantitative estimate of drug-likeness (QED) is 0.681. The lowest BCUT2D eigenvalue weighted by molar-refractivity contribution is 0.101. The molecule has 0 spiro atoms.